The predicted octanol–water partition coefficient (Wildman–Crippen LogP) is 5.56. The molecule has 8 nitrogen and oxygen atoms in total. The zero-order valence-corrected chi connectivity index (χ0v) is 23.6. The molecule has 202 valence electrons. The Bertz CT molecular complexity index is 1230. The maximum absolute atomic E-state index is 13.1. The number of thiazole rings is 1. The number of methoxy groups -OCH3 is 1. The summed E-state index contributed by atoms with van der Waals surface area (Å²) in [6.07, 6.45) is 0. The molecule has 1 saturated heterocycles. The van der Waals surface area contributed by atoms with E-state index in [1.54, 1.807) is 17.4 Å². The molecule has 0 aliphatic carbocycles. The van der Waals surface area contributed by atoms with Crippen molar-refractivity contribution in [2.45, 2.75) is 26.3 Å². The van der Waals surface area contributed by atoms with E-state index in [0.29, 0.717) is 54.4 Å². The molecular formula is C28H34ClN5O3S. The molecule has 0 spiro atoms. The van der Waals surface area contributed by atoms with E-state index in [1.807, 2.05) is 53.4 Å². The molecule has 1 aliphatic heterocycles. The lowest BCUT2D eigenvalue weighted by Crippen LogP contribution is -2.48. The van der Waals surface area contributed by atoms with E-state index in [9.17, 15) is 9.59 Å². The van der Waals surface area contributed by atoms with Crippen molar-refractivity contribution in [1.82, 2.24) is 14.8 Å². The predicted molar refractivity (Wildman–Crippen MR) is 154 cm³/mol. The van der Waals surface area contributed by atoms with Gasteiger partial charge in [-0.05, 0) is 41.8 Å². The van der Waals surface area contributed by atoms with Gasteiger partial charge in [-0.2, -0.15) is 0 Å². The second-order valence-electron chi connectivity index (χ2n) is 9.51. The van der Waals surface area contributed by atoms with Gasteiger partial charge < -0.3 is 24.8 Å². The largest absolute Gasteiger partial charge is 0.383 e. The summed E-state index contributed by atoms with van der Waals surface area (Å²) in [6.45, 7) is 8.03. The van der Waals surface area contributed by atoms with Crippen molar-refractivity contribution in [3.63, 3.8) is 0 Å². The minimum atomic E-state index is -0.237. The molecule has 2 aromatic carbocycles. The van der Waals surface area contributed by atoms with Gasteiger partial charge >= 0.3 is 6.03 Å². The van der Waals surface area contributed by atoms with Crippen LogP contribution < -0.4 is 10.2 Å². The SMILES string of the molecule is COCCN(Cc1nc(C(=O)N2CCN(c3cccc(Cl)c3)CC2)cs1)C(=O)Nc1ccc(C(C)C)cc1. The van der Waals surface area contributed by atoms with E-state index >= 15 is 0 Å². The number of carbonyl (C=O) groups excluding carboxylic acids is 2. The van der Waals surface area contributed by atoms with Crippen LogP contribution in [0.3, 0.4) is 0 Å². The summed E-state index contributed by atoms with van der Waals surface area (Å²) in [4.78, 5) is 36.5. The number of aromatic nitrogens is 1. The molecule has 0 bridgehead atoms. The van der Waals surface area contributed by atoms with Crippen LogP contribution >= 0.6 is 22.9 Å². The summed E-state index contributed by atoms with van der Waals surface area (Å²) in [6, 6.07) is 15.4. The number of benzene rings is 2. The third-order valence-corrected chi connectivity index (χ3v) is 7.59. The van der Waals surface area contributed by atoms with Crippen molar-refractivity contribution in [2.24, 2.45) is 0 Å². The Morgan fingerprint density at radius 2 is 1.87 bits per heavy atom. The van der Waals surface area contributed by atoms with Gasteiger partial charge in [-0.15, -0.1) is 11.3 Å². The third-order valence-electron chi connectivity index (χ3n) is 6.52. The lowest BCUT2D eigenvalue weighted by Gasteiger charge is -2.35. The summed E-state index contributed by atoms with van der Waals surface area (Å²) in [5, 5.41) is 6.14. The van der Waals surface area contributed by atoms with Crippen LogP contribution in [0.25, 0.3) is 0 Å². The summed E-state index contributed by atoms with van der Waals surface area (Å²) in [5.41, 5.74) is 3.42. The molecule has 1 aliphatic rings. The topological polar surface area (TPSA) is 78.0 Å². The lowest BCUT2D eigenvalue weighted by atomic mass is 10.0. The number of urea groups is 1. The summed E-state index contributed by atoms with van der Waals surface area (Å²) in [5.74, 6) is 0.336. The van der Waals surface area contributed by atoms with Gasteiger partial charge in [0.1, 0.15) is 10.7 Å². The van der Waals surface area contributed by atoms with Gasteiger partial charge in [-0.25, -0.2) is 9.78 Å². The number of rotatable bonds is 9. The highest BCUT2D eigenvalue weighted by Gasteiger charge is 2.25. The Hall–Kier alpha value is -3.14. The average Bonchev–Trinajstić information content (AvgIpc) is 3.39. The zero-order chi connectivity index (χ0) is 27.1. The lowest BCUT2D eigenvalue weighted by molar-refractivity contribution is 0.0741. The molecular weight excluding hydrogens is 522 g/mol. The first-order valence-electron chi connectivity index (χ1n) is 12.7. The minimum absolute atomic E-state index is 0.0867. The van der Waals surface area contributed by atoms with Crippen molar-refractivity contribution in [3.05, 3.63) is 75.2 Å². The molecule has 0 saturated carbocycles. The highest BCUT2D eigenvalue weighted by Crippen LogP contribution is 2.22. The maximum Gasteiger partial charge on any atom is 0.322 e. The fourth-order valence-electron chi connectivity index (χ4n) is 4.26. The molecule has 4 rings (SSSR count). The van der Waals surface area contributed by atoms with Crippen LogP contribution in [0.2, 0.25) is 5.02 Å². The molecule has 38 heavy (non-hydrogen) atoms. The summed E-state index contributed by atoms with van der Waals surface area (Å²) < 4.78 is 5.21. The second kappa shape index (κ2) is 13.1. The number of nitrogens with zero attached hydrogens (tertiary/aromatic N) is 4. The third kappa shape index (κ3) is 7.24. The van der Waals surface area contributed by atoms with Gasteiger partial charge in [0.25, 0.3) is 5.91 Å². The first kappa shape index (κ1) is 27.9. The van der Waals surface area contributed by atoms with E-state index in [-0.39, 0.29) is 11.9 Å². The number of hydrogen-bond donors (Lipinski definition) is 1. The number of ether oxygens (including phenoxy) is 1. The van der Waals surface area contributed by atoms with E-state index in [4.69, 9.17) is 16.3 Å². The van der Waals surface area contributed by atoms with E-state index < -0.39 is 0 Å². The maximum atomic E-state index is 13.1. The highest BCUT2D eigenvalue weighted by atomic mass is 35.5. The van der Waals surface area contributed by atoms with Crippen LogP contribution in [0.5, 0.6) is 0 Å². The molecule has 0 atom stereocenters. The van der Waals surface area contributed by atoms with Crippen molar-refractivity contribution in [2.75, 3.05) is 56.7 Å². The smallest absolute Gasteiger partial charge is 0.322 e. The molecule has 1 aromatic heterocycles. The molecule has 0 radical (unpaired) electrons. The molecule has 1 fully saturated rings. The second-order valence-corrected chi connectivity index (χ2v) is 10.9. The van der Waals surface area contributed by atoms with Crippen LogP contribution in [0.15, 0.2) is 53.9 Å². The molecule has 0 unspecified atom stereocenters. The fourth-order valence-corrected chi connectivity index (χ4v) is 5.22. The van der Waals surface area contributed by atoms with Crippen molar-refractivity contribution in [3.8, 4) is 0 Å². The number of nitrogens with one attached hydrogen (secondary N) is 1. The van der Waals surface area contributed by atoms with Gasteiger partial charge in [-0.3, -0.25) is 4.79 Å². The number of hydrogen-bond acceptors (Lipinski definition) is 6. The Morgan fingerprint density at radius 1 is 1.13 bits per heavy atom. The fraction of sp³-hybridized carbons (Fsp3) is 0.393. The quantitative estimate of drug-likeness (QED) is 0.374. The molecule has 10 heteroatoms. The van der Waals surface area contributed by atoms with Gasteiger partial charge in [0.15, 0.2) is 0 Å². The zero-order valence-electron chi connectivity index (χ0n) is 22.0. The summed E-state index contributed by atoms with van der Waals surface area (Å²) >= 11 is 7.52. The first-order chi connectivity index (χ1) is 18.3. The van der Waals surface area contributed by atoms with Gasteiger partial charge in [0.05, 0.1) is 13.2 Å². The average molecular weight is 556 g/mol. The van der Waals surface area contributed by atoms with Crippen LogP contribution in [0, 0.1) is 0 Å². The number of carbonyl (C=O) groups is 2. The van der Waals surface area contributed by atoms with Gasteiger partial charge in [-0.1, -0.05) is 43.6 Å². The van der Waals surface area contributed by atoms with E-state index in [2.05, 4.69) is 29.0 Å². The Morgan fingerprint density at radius 3 is 2.53 bits per heavy atom. The van der Waals surface area contributed by atoms with Crippen LogP contribution in [-0.2, 0) is 11.3 Å². The Balaban J connectivity index is 1.35. The minimum Gasteiger partial charge on any atom is -0.383 e. The van der Waals surface area contributed by atoms with Crippen molar-refractivity contribution >= 4 is 46.3 Å². The van der Waals surface area contributed by atoms with E-state index in [1.165, 1.54) is 16.9 Å². The highest BCUT2D eigenvalue weighted by molar-refractivity contribution is 7.09. The normalized spacial score (nSPS) is 13.6. The Labute approximate surface area is 233 Å². The van der Waals surface area contributed by atoms with Crippen molar-refractivity contribution < 1.29 is 14.3 Å². The van der Waals surface area contributed by atoms with Crippen LogP contribution in [-0.4, -0.2) is 73.2 Å². The molecule has 3 amide bonds. The number of halogens is 1. The Kier molecular flexibility index (Phi) is 9.60. The van der Waals surface area contributed by atoms with Gasteiger partial charge in [0, 0.05) is 61.6 Å². The standard InChI is InChI=1S/C28H34ClN5O3S/c1-20(2)21-7-9-23(10-8-21)30-28(36)34(15-16-37-3)18-26-31-25(19-38-26)27(35)33-13-11-32(12-14-33)24-6-4-5-22(29)17-24/h4-10,17,19-20H,11-16,18H2,1-3H3,(H,30,36). The first-order valence-corrected chi connectivity index (χ1v) is 14.0. The number of piperazine rings is 1. The van der Waals surface area contributed by atoms with Gasteiger partial charge in [0.2, 0.25) is 0 Å². The van der Waals surface area contributed by atoms with E-state index in [0.717, 1.165) is 24.5 Å². The molecule has 3 aromatic rings. The number of amides is 3. The monoisotopic (exact) mass is 555 g/mol. The van der Waals surface area contributed by atoms with Crippen molar-refractivity contribution in [1.29, 1.82) is 0 Å². The molecule has 1 N–H and O–H groups in total. The summed E-state index contributed by atoms with van der Waals surface area (Å²) in [7, 11) is 1.60. The number of anilines is 2. The van der Waals surface area contributed by atoms with Crippen LogP contribution in [0.1, 0.15) is 40.8 Å². The van der Waals surface area contributed by atoms with Crippen LogP contribution in [0.4, 0.5) is 16.2 Å². The molecule has 2 heterocycles.